The van der Waals surface area contributed by atoms with Crippen molar-refractivity contribution < 1.29 is 4.42 Å². The Morgan fingerprint density at radius 3 is 2.71 bits per heavy atom. The fourth-order valence-electron chi connectivity index (χ4n) is 1.52. The number of anilines is 2. The van der Waals surface area contributed by atoms with Crippen LogP contribution in [0, 0.1) is 13.8 Å². The van der Waals surface area contributed by atoms with Gasteiger partial charge in [0.15, 0.2) is 0 Å². The van der Waals surface area contributed by atoms with Gasteiger partial charge in [-0.3, -0.25) is 0 Å². The molecule has 2 heterocycles. The number of aryl methyl sites for hydroxylation is 2. The first-order valence-corrected chi connectivity index (χ1v) is 5.34. The van der Waals surface area contributed by atoms with Gasteiger partial charge in [0.2, 0.25) is 5.89 Å². The highest BCUT2D eigenvalue weighted by Crippen LogP contribution is 2.18. The van der Waals surface area contributed by atoms with Crippen molar-refractivity contribution in [2.45, 2.75) is 26.8 Å². The fourth-order valence-corrected chi connectivity index (χ4v) is 1.52. The molecule has 0 spiro atoms. The maximum Gasteiger partial charge on any atom is 0.216 e. The van der Waals surface area contributed by atoms with Crippen LogP contribution in [0.3, 0.4) is 0 Å². The molecular formula is C11H15N5O. The zero-order valence-corrected chi connectivity index (χ0v) is 10.1. The Morgan fingerprint density at radius 2 is 2.12 bits per heavy atom. The molecule has 0 aliphatic carbocycles. The molecule has 1 atom stereocenters. The molecule has 0 fully saturated rings. The third kappa shape index (κ3) is 2.72. The summed E-state index contributed by atoms with van der Waals surface area (Å²) < 4.78 is 5.43. The second kappa shape index (κ2) is 4.40. The topological polar surface area (TPSA) is 89.9 Å². The Bertz CT molecular complexity index is 502. The summed E-state index contributed by atoms with van der Waals surface area (Å²) in [6.07, 6.45) is 1.69. The molecule has 2 aromatic rings. The zero-order valence-electron chi connectivity index (χ0n) is 10.1. The van der Waals surface area contributed by atoms with Gasteiger partial charge in [-0.25, -0.2) is 15.0 Å². The number of nitrogen functional groups attached to an aromatic ring is 1. The predicted molar refractivity (Wildman–Crippen MR) is 64.5 cm³/mol. The molecule has 6 nitrogen and oxygen atoms in total. The molecule has 6 heteroatoms. The summed E-state index contributed by atoms with van der Waals surface area (Å²) in [5.41, 5.74) is 5.65. The van der Waals surface area contributed by atoms with E-state index in [0.717, 1.165) is 5.76 Å². The molecule has 90 valence electrons. The number of nitrogens with zero attached hydrogens (tertiary/aromatic N) is 3. The first-order chi connectivity index (χ1) is 8.04. The third-order valence-electron chi connectivity index (χ3n) is 2.23. The normalized spacial score (nSPS) is 12.4. The summed E-state index contributed by atoms with van der Waals surface area (Å²) in [7, 11) is 0. The Labute approximate surface area is 99.3 Å². The molecule has 0 aliphatic heterocycles. The molecule has 2 aromatic heterocycles. The van der Waals surface area contributed by atoms with E-state index in [9.17, 15) is 0 Å². The van der Waals surface area contributed by atoms with Gasteiger partial charge < -0.3 is 15.5 Å². The minimum absolute atomic E-state index is 0.0719. The number of hydrogen-bond acceptors (Lipinski definition) is 6. The van der Waals surface area contributed by atoms with Crippen molar-refractivity contribution in [3.8, 4) is 0 Å². The molecule has 0 saturated carbocycles. The van der Waals surface area contributed by atoms with Crippen molar-refractivity contribution in [1.29, 1.82) is 0 Å². The first-order valence-electron chi connectivity index (χ1n) is 5.34. The van der Waals surface area contributed by atoms with Gasteiger partial charge in [0, 0.05) is 6.07 Å². The summed E-state index contributed by atoms with van der Waals surface area (Å²) in [6.45, 7) is 5.59. The van der Waals surface area contributed by atoms with E-state index in [1.807, 2.05) is 13.8 Å². The van der Waals surface area contributed by atoms with E-state index in [0.29, 0.717) is 23.4 Å². The van der Waals surface area contributed by atoms with Gasteiger partial charge in [0.05, 0.1) is 6.20 Å². The van der Waals surface area contributed by atoms with Crippen LogP contribution in [0.4, 0.5) is 11.6 Å². The minimum Gasteiger partial charge on any atom is -0.444 e. The van der Waals surface area contributed by atoms with E-state index >= 15 is 0 Å². The first kappa shape index (κ1) is 11.4. The highest BCUT2D eigenvalue weighted by atomic mass is 16.4. The lowest BCUT2D eigenvalue weighted by molar-refractivity contribution is 0.453. The second-order valence-electron chi connectivity index (χ2n) is 3.90. The molecule has 0 amide bonds. The van der Waals surface area contributed by atoms with Crippen molar-refractivity contribution in [3.05, 3.63) is 29.7 Å². The van der Waals surface area contributed by atoms with E-state index in [1.165, 1.54) is 0 Å². The number of aromatic nitrogens is 3. The van der Waals surface area contributed by atoms with E-state index in [4.69, 9.17) is 10.2 Å². The van der Waals surface area contributed by atoms with Crippen LogP contribution < -0.4 is 11.1 Å². The minimum atomic E-state index is -0.0719. The maximum atomic E-state index is 5.65. The average molecular weight is 233 g/mol. The van der Waals surface area contributed by atoms with Gasteiger partial charge in [0.25, 0.3) is 0 Å². The molecule has 0 saturated heterocycles. The second-order valence-corrected chi connectivity index (χ2v) is 3.90. The van der Waals surface area contributed by atoms with E-state index < -0.39 is 0 Å². The largest absolute Gasteiger partial charge is 0.444 e. The van der Waals surface area contributed by atoms with Crippen LogP contribution in [-0.4, -0.2) is 15.0 Å². The van der Waals surface area contributed by atoms with Crippen molar-refractivity contribution in [1.82, 2.24) is 15.0 Å². The SMILES string of the molecule is Cc1nc(N)cc(NC(C)c2ncc(C)o2)n1. The predicted octanol–water partition coefficient (Wildman–Crippen LogP) is 1.84. The van der Waals surface area contributed by atoms with Gasteiger partial charge in [-0.05, 0) is 20.8 Å². The van der Waals surface area contributed by atoms with Gasteiger partial charge in [-0.1, -0.05) is 0 Å². The maximum absolute atomic E-state index is 5.65. The fraction of sp³-hybridized carbons (Fsp3) is 0.364. The lowest BCUT2D eigenvalue weighted by Gasteiger charge is -2.11. The summed E-state index contributed by atoms with van der Waals surface area (Å²) >= 11 is 0. The number of nitrogens with one attached hydrogen (secondary N) is 1. The van der Waals surface area contributed by atoms with Crippen molar-refractivity contribution in [2.24, 2.45) is 0 Å². The monoisotopic (exact) mass is 233 g/mol. The smallest absolute Gasteiger partial charge is 0.216 e. The van der Waals surface area contributed by atoms with Gasteiger partial charge in [-0.2, -0.15) is 0 Å². The van der Waals surface area contributed by atoms with Crippen LogP contribution in [0.2, 0.25) is 0 Å². The number of rotatable bonds is 3. The summed E-state index contributed by atoms with van der Waals surface area (Å²) in [5.74, 6) is 3.14. The van der Waals surface area contributed by atoms with Crippen LogP contribution >= 0.6 is 0 Å². The Balaban J connectivity index is 2.15. The van der Waals surface area contributed by atoms with E-state index in [-0.39, 0.29) is 6.04 Å². The van der Waals surface area contributed by atoms with Crippen LogP contribution in [0.1, 0.15) is 30.4 Å². The Kier molecular flexibility index (Phi) is 2.95. The van der Waals surface area contributed by atoms with Crippen molar-refractivity contribution in [2.75, 3.05) is 11.1 Å². The number of nitrogens with two attached hydrogens (primary N) is 1. The van der Waals surface area contributed by atoms with Gasteiger partial charge >= 0.3 is 0 Å². The van der Waals surface area contributed by atoms with Crippen LogP contribution in [-0.2, 0) is 0 Å². The third-order valence-corrected chi connectivity index (χ3v) is 2.23. The summed E-state index contributed by atoms with van der Waals surface area (Å²) in [6, 6.07) is 1.61. The molecule has 1 unspecified atom stereocenters. The highest BCUT2D eigenvalue weighted by Gasteiger charge is 2.12. The van der Waals surface area contributed by atoms with E-state index in [2.05, 4.69) is 20.3 Å². The lowest BCUT2D eigenvalue weighted by atomic mass is 10.3. The Hall–Kier alpha value is -2.11. The number of hydrogen-bond donors (Lipinski definition) is 2. The molecule has 0 radical (unpaired) electrons. The Morgan fingerprint density at radius 1 is 1.35 bits per heavy atom. The van der Waals surface area contributed by atoms with Gasteiger partial charge in [0.1, 0.15) is 29.3 Å². The average Bonchev–Trinajstić information content (AvgIpc) is 2.63. The molecule has 0 aromatic carbocycles. The molecule has 17 heavy (non-hydrogen) atoms. The lowest BCUT2D eigenvalue weighted by Crippen LogP contribution is -2.10. The standard InChI is InChI=1S/C11H15N5O/c1-6-5-13-11(17-6)7(2)14-10-4-9(12)15-8(3)16-10/h4-5,7H,1-3H3,(H3,12,14,15,16). The molecule has 2 rings (SSSR count). The van der Waals surface area contributed by atoms with Crippen LogP contribution in [0.15, 0.2) is 16.7 Å². The van der Waals surface area contributed by atoms with Crippen molar-refractivity contribution >= 4 is 11.6 Å². The molecular weight excluding hydrogens is 218 g/mol. The molecule has 0 bridgehead atoms. The number of oxazole rings is 1. The van der Waals surface area contributed by atoms with E-state index in [1.54, 1.807) is 19.2 Å². The van der Waals surface area contributed by atoms with Gasteiger partial charge in [-0.15, -0.1) is 0 Å². The molecule has 3 N–H and O–H groups in total. The molecule has 0 aliphatic rings. The zero-order chi connectivity index (χ0) is 12.4. The summed E-state index contributed by atoms with van der Waals surface area (Å²) in [4.78, 5) is 12.4. The quantitative estimate of drug-likeness (QED) is 0.840. The van der Waals surface area contributed by atoms with Crippen molar-refractivity contribution in [3.63, 3.8) is 0 Å². The van der Waals surface area contributed by atoms with Crippen LogP contribution in [0.5, 0.6) is 0 Å². The van der Waals surface area contributed by atoms with Crippen LogP contribution in [0.25, 0.3) is 0 Å². The highest BCUT2D eigenvalue weighted by molar-refractivity contribution is 5.45. The summed E-state index contributed by atoms with van der Waals surface area (Å²) in [5, 5.41) is 3.17.